The van der Waals surface area contributed by atoms with Crippen molar-refractivity contribution >= 4 is 5.96 Å². The van der Waals surface area contributed by atoms with Crippen LogP contribution in [0.25, 0.3) is 0 Å². The second kappa shape index (κ2) is 10.0. The molecular formula is C21H29N3O3. The monoisotopic (exact) mass is 371 g/mol. The minimum Gasteiger partial charge on any atom is -0.496 e. The third-order valence-electron chi connectivity index (χ3n) is 4.66. The summed E-state index contributed by atoms with van der Waals surface area (Å²) in [6.07, 6.45) is 4.95. The molecule has 0 amide bonds. The van der Waals surface area contributed by atoms with Crippen LogP contribution < -0.4 is 10.1 Å². The number of benzene rings is 1. The van der Waals surface area contributed by atoms with Crippen molar-refractivity contribution in [2.24, 2.45) is 4.99 Å². The van der Waals surface area contributed by atoms with Gasteiger partial charge in [0.25, 0.3) is 0 Å². The number of nitrogens with zero attached hydrogens (tertiary/aromatic N) is 2. The van der Waals surface area contributed by atoms with Gasteiger partial charge in [-0.15, -0.1) is 0 Å². The lowest BCUT2D eigenvalue weighted by Gasteiger charge is -2.24. The van der Waals surface area contributed by atoms with E-state index in [0.717, 1.165) is 55.4 Å². The Morgan fingerprint density at radius 1 is 1.30 bits per heavy atom. The predicted molar refractivity (Wildman–Crippen MR) is 106 cm³/mol. The molecule has 0 radical (unpaired) electrons. The molecule has 1 aromatic carbocycles. The third kappa shape index (κ3) is 5.76. The molecule has 6 heteroatoms. The summed E-state index contributed by atoms with van der Waals surface area (Å²) in [7, 11) is 3.74. The number of aliphatic imine (C=N–C) groups is 1. The molecule has 1 unspecified atom stereocenters. The Morgan fingerprint density at radius 2 is 2.19 bits per heavy atom. The maximum absolute atomic E-state index is 5.71. The van der Waals surface area contributed by atoms with E-state index < -0.39 is 0 Å². The second-order valence-electron chi connectivity index (χ2n) is 6.72. The van der Waals surface area contributed by atoms with Crippen LogP contribution in [0.4, 0.5) is 0 Å². The molecule has 1 fully saturated rings. The van der Waals surface area contributed by atoms with Gasteiger partial charge in [0.2, 0.25) is 0 Å². The number of methoxy groups -OCH3 is 1. The molecule has 0 aliphatic carbocycles. The molecule has 0 bridgehead atoms. The summed E-state index contributed by atoms with van der Waals surface area (Å²) >= 11 is 0. The van der Waals surface area contributed by atoms with Crippen molar-refractivity contribution in [1.29, 1.82) is 0 Å². The summed E-state index contributed by atoms with van der Waals surface area (Å²) in [5.41, 5.74) is 1.13. The highest BCUT2D eigenvalue weighted by molar-refractivity contribution is 5.79. The third-order valence-corrected chi connectivity index (χ3v) is 4.66. The normalized spacial score (nSPS) is 17.1. The summed E-state index contributed by atoms with van der Waals surface area (Å²) in [6.45, 7) is 2.99. The summed E-state index contributed by atoms with van der Waals surface area (Å²) in [5, 5.41) is 3.46. The van der Waals surface area contributed by atoms with Gasteiger partial charge in [-0.3, -0.25) is 4.99 Å². The van der Waals surface area contributed by atoms with Crippen LogP contribution in [0.5, 0.6) is 5.75 Å². The van der Waals surface area contributed by atoms with Crippen molar-refractivity contribution in [3.05, 3.63) is 54.0 Å². The van der Waals surface area contributed by atoms with Gasteiger partial charge in [-0.2, -0.15) is 0 Å². The number of hydrogen-bond acceptors (Lipinski definition) is 4. The quantitative estimate of drug-likeness (QED) is 0.571. The van der Waals surface area contributed by atoms with Gasteiger partial charge in [-0.1, -0.05) is 18.2 Å². The zero-order valence-electron chi connectivity index (χ0n) is 16.2. The molecule has 0 spiro atoms. The number of rotatable bonds is 8. The molecular weight excluding hydrogens is 342 g/mol. The van der Waals surface area contributed by atoms with Crippen molar-refractivity contribution in [3.8, 4) is 5.75 Å². The summed E-state index contributed by atoms with van der Waals surface area (Å²) < 4.78 is 16.6. The molecule has 1 atom stereocenters. The van der Waals surface area contributed by atoms with Crippen molar-refractivity contribution in [2.45, 2.75) is 31.9 Å². The van der Waals surface area contributed by atoms with Gasteiger partial charge in [0.1, 0.15) is 11.5 Å². The maximum Gasteiger partial charge on any atom is 0.194 e. The Morgan fingerprint density at radius 3 is 2.93 bits per heavy atom. The van der Waals surface area contributed by atoms with Gasteiger partial charge < -0.3 is 24.1 Å². The zero-order valence-corrected chi connectivity index (χ0v) is 16.2. The van der Waals surface area contributed by atoms with Crippen molar-refractivity contribution in [3.63, 3.8) is 0 Å². The Kier molecular flexibility index (Phi) is 7.16. The summed E-state index contributed by atoms with van der Waals surface area (Å²) in [4.78, 5) is 6.93. The van der Waals surface area contributed by atoms with E-state index in [9.17, 15) is 0 Å². The maximum atomic E-state index is 5.71. The standard InChI is InChI=1S/C21H29N3O3/c1-24(16-17-7-3-4-10-20(17)25-2)21(23-15-19-9-6-14-27-19)22-12-11-18-8-5-13-26-18/h3-5,7-8,10,13,19H,6,9,11-12,14-16H2,1-2H3,(H,22,23). The fourth-order valence-electron chi connectivity index (χ4n) is 3.20. The molecule has 0 saturated carbocycles. The first-order valence-electron chi connectivity index (χ1n) is 9.51. The molecule has 1 aliphatic rings. The lowest BCUT2D eigenvalue weighted by atomic mass is 10.2. The first-order chi connectivity index (χ1) is 13.3. The van der Waals surface area contributed by atoms with Gasteiger partial charge in [-0.25, -0.2) is 0 Å². The van der Waals surface area contributed by atoms with E-state index in [1.54, 1.807) is 13.4 Å². The second-order valence-corrected chi connectivity index (χ2v) is 6.72. The smallest absolute Gasteiger partial charge is 0.194 e. The first-order valence-corrected chi connectivity index (χ1v) is 9.51. The highest BCUT2D eigenvalue weighted by Crippen LogP contribution is 2.19. The van der Waals surface area contributed by atoms with Gasteiger partial charge in [-0.05, 0) is 31.0 Å². The molecule has 1 N–H and O–H groups in total. The number of para-hydroxylation sites is 1. The molecule has 146 valence electrons. The van der Waals surface area contributed by atoms with E-state index in [-0.39, 0.29) is 6.10 Å². The Labute approximate surface area is 161 Å². The minimum absolute atomic E-state index is 0.228. The molecule has 6 nitrogen and oxygen atoms in total. The van der Waals surface area contributed by atoms with Crippen molar-refractivity contribution < 1.29 is 13.9 Å². The molecule has 3 rings (SSSR count). The fourth-order valence-corrected chi connectivity index (χ4v) is 3.20. The highest BCUT2D eigenvalue weighted by Gasteiger charge is 2.16. The first kappa shape index (κ1) is 19.3. The number of nitrogens with one attached hydrogen (secondary N) is 1. The Hall–Kier alpha value is -2.47. The van der Waals surface area contributed by atoms with Gasteiger partial charge in [0.15, 0.2) is 5.96 Å². The summed E-state index contributed by atoms with van der Waals surface area (Å²) in [5.74, 6) is 2.72. The van der Waals surface area contributed by atoms with Crippen LogP contribution in [0, 0.1) is 0 Å². The van der Waals surface area contributed by atoms with E-state index in [1.807, 2.05) is 37.4 Å². The molecule has 2 aromatic rings. The highest BCUT2D eigenvalue weighted by atomic mass is 16.5. The molecule has 1 aromatic heterocycles. The fraction of sp³-hybridized carbons (Fsp3) is 0.476. The van der Waals surface area contributed by atoms with Gasteiger partial charge in [0, 0.05) is 38.7 Å². The van der Waals surface area contributed by atoms with Gasteiger partial charge >= 0.3 is 0 Å². The average Bonchev–Trinajstić information content (AvgIpc) is 3.39. The molecule has 27 heavy (non-hydrogen) atoms. The number of furan rings is 1. The number of guanidine groups is 1. The predicted octanol–water partition coefficient (Wildman–Crippen LogP) is 3.09. The van der Waals surface area contributed by atoms with Gasteiger partial charge in [0.05, 0.1) is 26.0 Å². The Bertz CT molecular complexity index is 709. The van der Waals surface area contributed by atoms with Crippen LogP contribution in [0.15, 0.2) is 52.1 Å². The topological polar surface area (TPSA) is 59.2 Å². The van der Waals surface area contributed by atoms with Crippen LogP contribution in [0.3, 0.4) is 0 Å². The zero-order chi connectivity index (χ0) is 18.9. The summed E-state index contributed by atoms with van der Waals surface area (Å²) in [6, 6.07) is 12.0. The van der Waals surface area contributed by atoms with Crippen molar-refractivity contribution in [1.82, 2.24) is 10.2 Å². The van der Waals surface area contributed by atoms with Crippen LogP contribution in [-0.4, -0.2) is 50.8 Å². The van der Waals surface area contributed by atoms with Crippen LogP contribution in [0.1, 0.15) is 24.2 Å². The van der Waals surface area contributed by atoms with E-state index in [4.69, 9.17) is 18.9 Å². The minimum atomic E-state index is 0.228. The van der Waals surface area contributed by atoms with E-state index in [1.165, 1.54) is 0 Å². The number of ether oxygens (including phenoxy) is 2. The average molecular weight is 371 g/mol. The van der Waals surface area contributed by atoms with Crippen LogP contribution in [-0.2, 0) is 17.7 Å². The molecule has 1 aliphatic heterocycles. The lowest BCUT2D eigenvalue weighted by Crippen LogP contribution is -2.40. The lowest BCUT2D eigenvalue weighted by molar-refractivity contribution is 0.117. The van der Waals surface area contributed by atoms with E-state index in [2.05, 4.69) is 16.3 Å². The van der Waals surface area contributed by atoms with Crippen LogP contribution in [0.2, 0.25) is 0 Å². The molecule has 2 heterocycles. The van der Waals surface area contributed by atoms with Crippen LogP contribution >= 0.6 is 0 Å². The Balaban J connectivity index is 1.63. The number of hydrogen-bond donors (Lipinski definition) is 1. The van der Waals surface area contributed by atoms with E-state index >= 15 is 0 Å². The van der Waals surface area contributed by atoms with Crippen molar-refractivity contribution in [2.75, 3.05) is 33.9 Å². The SMILES string of the molecule is COc1ccccc1CN(C)C(=NCC1CCCO1)NCCc1ccco1. The largest absolute Gasteiger partial charge is 0.496 e. The van der Waals surface area contributed by atoms with E-state index in [0.29, 0.717) is 13.1 Å². The molecule has 1 saturated heterocycles.